The average molecular weight is 563 g/mol. The summed E-state index contributed by atoms with van der Waals surface area (Å²) >= 11 is 8.14. The highest BCUT2D eigenvalue weighted by Gasteiger charge is 2.21. The minimum absolute atomic E-state index is 0. The van der Waals surface area contributed by atoms with Gasteiger partial charge in [0.15, 0.2) is 17.5 Å². The molecule has 2 aliphatic heterocycles. The Morgan fingerprint density at radius 2 is 2.07 bits per heavy atom. The lowest BCUT2D eigenvalue weighted by Gasteiger charge is -2.33. The van der Waals surface area contributed by atoms with Gasteiger partial charge < -0.3 is 25.0 Å². The van der Waals surface area contributed by atoms with Gasteiger partial charge >= 0.3 is 0 Å². The van der Waals surface area contributed by atoms with Crippen molar-refractivity contribution in [1.82, 2.24) is 10.6 Å². The molecule has 0 bridgehead atoms. The highest BCUT2D eigenvalue weighted by Crippen LogP contribution is 2.38. The lowest BCUT2D eigenvalue weighted by molar-refractivity contribution is 0.171. The zero-order valence-electron chi connectivity index (χ0n) is 17.0. The second-order valence-electron chi connectivity index (χ2n) is 7.21. The molecule has 0 atom stereocenters. The fraction of sp³-hybridized carbons (Fsp3) is 0.476. The molecule has 0 saturated carbocycles. The van der Waals surface area contributed by atoms with Crippen LogP contribution in [0.4, 0.5) is 5.00 Å². The molecular formula is C21H28ClIN4O2S. The van der Waals surface area contributed by atoms with Gasteiger partial charge in [-0.25, -0.2) is 0 Å². The molecule has 1 saturated heterocycles. The van der Waals surface area contributed by atoms with Gasteiger partial charge in [0.25, 0.3) is 0 Å². The third kappa shape index (κ3) is 5.85. The summed E-state index contributed by atoms with van der Waals surface area (Å²) in [5.41, 5.74) is 1.12. The highest BCUT2D eigenvalue weighted by atomic mass is 127. The first-order valence-electron chi connectivity index (χ1n) is 10.1. The smallest absolute Gasteiger partial charge is 0.191 e. The molecule has 0 spiro atoms. The largest absolute Gasteiger partial charge is 0.486 e. The number of anilines is 1. The van der Waals surface area contributed by atoms with E-state index in [1.54, 1.807) is 0 Å². The van der Waals surface area contributed by atoms with Crippen LogP contribution < -0.4 is 25.0 Å². The molecule has 4 rings (SSSR count). The van der Waals surface area contributed by atoms with Gasteiger partial charge in [0, 0.05) is 32.7 Å². The van der Waals surface area contributed by atoms with Crippen molar-refractivity contribution in [3.8, 4) is 11.5 Å². The summed E-state index contributed by atoms with van der Waals surface area (Å²) < 4.78 is 11.2. The summed E-state index contributed by atoms with van der Waals surface area (Å²) in [6.45, 7) is 4.02. The number of hydrogen-bond donors (Lipinski definition) is 2. The summed E-state index contributed by atoms with van der Waals surface area (Å²) in [6, 6.07) is 8.72. The fourth-order valence-electron chi connectivity index (χ4n) is 3.72. The Balaban J connectivity index is 0.00000256. The average Bonchev–Trinajstić information content (AvgIpc) is 3.28. The van der Waals surface area contributed by atoms with Gasteiger partial charge in [0.1, 0.15) is 13.2 Å². The topological polar surface area (TPSA) is 58.1 Å². The first-order valence-corrected chi connectivity index (χ1v) is 11.3. The van der Waals surface area contributed by atoms with E-state index in [4.69, 9.17) is 21.1 Å². The number of hydrogen-bond acceptors (Lipinski definition) is 5. The minimum atomic E-state index is 0. The first-order chi connectivity index (χ1) is 14.2. The molecule has 1 aromatic heterocycles. The first kappa shape index (κ1) is 23.3. The number of halogens is 2. The summed E-state index contributed by atoms with van der Waals surface area (Å²) in [4.78, 5) is 6.85. The second-order valence-corrected chi connectivity index (χ2v) is 8.54. The third-order valence-corrected chi connectivity index (χ3v) is 6.45. The number of nitrogens with one attached hydrogen (secondary N) is 2. The molecule has 0 aliphatic carbocycles. The van der Waals surface area contributed by atoms with Crippen molar-refractivity contribution in [2.75, 3.05) is 44.8 Å². The quantitative estimate of drug-likeness (QED) is 0.326. The lowest BCUT2D eigenvalue weighted by Crippen LogP contribution is -2.49. The van der Waals surface area contributed by atoms with Gasteiger partial charge in [-0.3, -0.25) is 4.99 Å². The molecule has 2 aliphatic rings. The maximum Gasteiger partial charge on any atom is 0.191 e. The molecule has 1 fully saturated rings. The Hall–Kier alpha value is -1.39. The number of benzene rings is 1. The summed E-state index contributed by atoms with van der Waals surface area (Å²) in [6.07, 6.45) is 3.04. The molecule has 0 radical (unpaired) electrons. The van der Waals surface area contributed by atoms with Crippen molar-refractivity contribution in [1.29, 1.82) is 0 Å². The number of aliphatic imine (C=N–C) groups is 1. The molecule has 2 N–H and O–H groups in total. The molecule has 3 heterocycles. The minimum Gasteiger partial charge on any atom is -0.486 e. The second kappa shape index (κ2) is 11.3. The summed E-state index contributed by atoms with van der Waals surface area (Å²) in [5.74, 6) is 2.24. The van der Waals surface area contributed by atoms with Gasteiger partial charge in [-0.05, 0) is 54.5 Å². The number of nitrogens with zero attached hydrogens (tertiary/aromatic N) is 2. The van der Waals surface area contributed by atoms with E-state index in [9.17, 15) is 0 Å². The molecule has 1 aromatic carbocycles. The Labute approximate surface area is 204 Å². The van der Waals surface area contributed by atoms with Crippen LogP contribution in [0.15, 0.2) is 34.6 Å². The van der Waals surface area contributed by atoms with Crippen molar-refractivity contribution in [3.63, 3.8) is 0 Å². The molecular weight excluding hydrogens is 535 g/mol. The molecule has 6 nitrogen and oxygen atoms in total. The standard InChI is InChI=1S/C21H27ClN4O2S.HI/c1-23-21(25-16-5-8-26(9-6-16)19-3-2-12-29-19)24-7-4-15-13-17(22)20-18(14-15)27-10-11-28-20;/h2-3,12-14,16H,4-11H2,1H3,(H2,23,24,25);1H. The Kier molecular flexibility index (Phi) is 8.76. The number of ether oxygens (including phenoxy) is 2. The molecule has 0 amide bonds. The fourth-order valence-corrected chi connectivity index (χ4v) is 4.79. The van der Waals surface area contributed by atoms with Crippen molar-refractivity contribution in [2.24, 2.45) is 4.99 Å². The maximum atomic E-state index is 6.33. The van der Waals surface area contributed by atoms with Crippen molar-refractivity contribution >= 4 is 57.9 Å². The summed E-state index contributed by atoms with van der Waals surface area (Å²) in [7, 11) is 1.82. The summed E-state index contributed by atoms with van der Waals surface area (Å²) in [5, 5.41) is 11.1. The van der Waals surface area contributed by atoms with Crippen LogP contribution in [0.3, 0.4) is 0 Å². The Morgan fingerprint density at radius 1 is 1.27 bits per heavy atom. The number of fused-ring (bicyclic) bond motifs is 1. The van der Waals surface area contributed by atoms with Gasteiger partial charge in [-0.1, -0.05) is 11.6 Å². The number of rotatable bonds is 5. The van der Waals surface area contributed by atoms with Gasteiger partial charge in [0.05, 0.1) is 10.0 Å². The van der Waals surface area contributed by atoms with E-state index >= 15 is 0 Å². The van der Waals surface area contributed by atoms with Crippen LogP contribution in [0.1, 0.15) is 18.4 Å². The predicted octanol–water partition coefficient (Wildman–Crippen LogP) is 4.17. The van der Waals surface area contributed by atoms with E-state index in [1.807, 2.05) is 30.5 Å². The molecule has 2 aromatic rings. The number of piperidine rings is 1. The number of thiophene rings is 1. The van der Waals surface area contributed by atoms with Gasteiger partial charge in [0.2, 0.25) is 0 Å². The van der Waals surface area contributed by atoms with Gasteiger partial charge in [-0.2, -0.15) is 0 Å². The molecule has 0 unspecified atom stereocenters. The Bertz CT molecular complexity index is 842. The van der Waals surface area contributed by atoms with E-state index in [0.717, 1.165) is 56.2 Å². The Morgan fingerprint density at radius 3 is 2.80 bits per heavy atom. The molecule has 30 heavy (non-hydrogen) atoms. The highest BCUT2D eigenvalue weighted by molar-refractivity contribution is 14.0. The normalized spacial score (nSPS) is 16.7. The van der Waals surface area contributed by atoms with E-state index < -0.39 is 0 Å². The van der Waals surface area contributed by atoms with E-state index in [-0.39, 0.29) is 24.0 Å². The van der Waals surface area contributed by atoms with Gasteiger partial charge in [-0.15, -0.1) is 35.3 Å². The third-order valence-electron chi connectivity index (χ3n) is 5.24. The lowest BCUT2D eigenvalue weighted by atomic mass is 10.1. The number of guanidine groups is 1. The van der Waals surface area contributed by atoms with Crippen LogP contribution in [0, 0.1) is 0 Å². The van der Waals surface area contributed by atoms with E-state index in [0.29, 0.717) is 30.0 Å². The zero-order valence-corrected chi connectivity index (χ0v) is 20.9. The zero-order chi connectivity index (χ0) is 20.1. The van der Waals surface area contributed by atoms with Crippen molar-refractivity contribution in [3.05, 3.63) is 40.2 Å². The van der Waals surface area contributed by atoms with Crippen LogP contribution in [-0.2, 0) is 6.42 Å². The predicted molar refractivity (Wildman–Crippen MR) is 136 cm³/mol. The van der Waals surface area contributed by atoms with E-state index in [2.05, 4.69) is 38.0 Å². The van der Waals surface area contributed by atoms with Crippen molar-refractivity contribution < 1.29 is 9.47 Å². The van der Waals surface area contributed by atoms with Crippen LogP contribution in [0.25, 0.3) is 0 Å². The molecule has 164 valence electrons. The van der Waals surface area contributed by atoms with Crippen LogP contribution in [-0.4, -0.2) is 51.9 Å². The van der Waals surface area contributed by atoms with Crippen LogP contribution >= 0.6 is 46.9 Å². The van der Waals surface area contributed by atoms with Crippen LogP contribution in [0.5, 0.6) is 11.5 Å². The molecule has 9 heteroatoms. The van der Waals surface area contributed by atoms with Crippen LogP contribution in [0.2, 0.25) is 5.02 Å². The monoisotopic (exact) mass is 562 g/mol. The van der Waals surface area contributed by atoms with E-state index in [1.165, 1.54) is 5.00 Å². The SMILES string of the molecule is CN=C(NCCc1cc(Cl)c2c(c1)OCCO2)NC1CCN(c2cccs2)CC1.I. The maximum absolute atomic E-state index is 6.33. The van der Waals surface area contributed by atoms with Crippen molar-refractivity contribution in [2.45, 2.75) is 25.3 Å².